The summed E-state index contributed by atoms with van der Waals surface area (Å²) in [6.45, 7) is 4.65. The Balaban J connectivity index is 1.82. The van der Waals surface area contributed by atoms with Crippen LogP contribution >= 0.6 is 0 Å². The molecule has 2 aliphatic carbocycles. The normalized spacial score (nSPS) is 23.5. The molecule has 3 rings (SSSR count). The molecule has 1 N–H and O–H groups in total. The Morgan fingerprint density at radius 3 is 2.47 bits per heavy atom. The molecule has 0 saturated heterocycles. The number of aromatic nitrogens is 3. The van der Waals surface area contributed by atoms with Gasteiger partial charge in [-0.25, -0.2) is 4.98 Å². The lowest BCUT2D eigenvalue weighted by molar-refractivity contribution is 0.329. The first-order valence-electron chi connectivity index (χ1n) is 8.12. The van der Waals surface area contributed by atoms with Gasteiger partial charge in [0.1, 0.15) is 5.82 Å². The van der Waals surface area contributed by atoms with Crippen molar-refractivity contribution in [3.05, 3.63) is 11.6 Å². The van der Waals surface area contributed by atoms with Crippen LogP contribution in [0.4, 0.5) is 0 Å². The molecule has 3 heteroatoms. The highest BCUT2D eigenvalue weighted by Gasteiger charge is 2.40. The lowest BCUT2D eigenvalue weighted by atomic mass is 9.78. The zero-order valence-corrected chi connectivity index (χ0v) is 12.4. The summed E-state index contributed by atoms with van der Waals surface area (Å²) in [5, 5.41) is 7.89. The highest BCUT2D eigenvalue weighted by atomic mass is 15.2. The Morgan fingerprint density at radius 2 is 1.84 bits per heavy atom. The van der Waals surface area contributed by atoms with E-state index in [1.54, 1.807) is 0 Å². The van der Waals surface area contributed by atoms with Crippen molar-refractivity contribution in [2.24, 2.45) is 5.92 Å². The lowest BCUT2D eigenvalue weighted by Gasteiger charge is -2.27. The van der Waals surface area contributed by atoms with Gasteiger partial charge in [0.15, 0.2) is 5.82 Å². The minimum Gasteiger partial charge on any atom is -0.263 e. The second-order valence-corrected chi connectivity index (χ2v) is 7.11. The smallest absolute Gasteiger partial charge is 0.156 e. The third-order valence-electron chi connectivity index (χ3n) is 5.08. The summed E-state index contributed by atoms with van der Waals surface area (Å²) in [6, 6.07) is 0. The van der Waals surface area contributed by atoms with Crippen LogP contribution in [-0.2, 0) is 5.41 Å². The Morgan fingerprint density at radius 1 is 1.16 bits per heavy atom. The van der Waals surface area contributed by atoms with E-state index in [1.165, 1.54) is 63.6 Å². The number of aromatic amines is 1. The molecule has 0 bridgehead atoms. The van der Waals surface area contributed by atoms with Gasteiger partial charge in [-0.05, 0) is 38.0 Å². The van der Waals surface area contributed by atoms with Crippen LogP contribution in [0, 0.1) is 5.92 Å². The average molecular weight is 261 g/mol. The molecule has 2 saturated carbocycles. The quantitative estimate of drug-likeness (QED) is 0.877. The van der Waals surface area contributed by atoms with Crippen LogP contribution in [0.5, 0.6) is 0 Å². The standard InChI is InChI=1S/C16H27N3/c1-12(2)11-16(9-5-6-10-16)15-17-14(18-19-15)13-7-3-4-8-13/h12-13H,3-11H2,1-2H3,(H,17,18,19). The van der Waals surface area contributed by atoms with Crippen molar-refractivity contribution < 1.29 is 0 Å². The predicted octanol–water partition coefficient (Wildman–Crippen LogP) is 4.32. The van der Waals surface area contributed by atoms with Crippen LogP contribution in [0.1, 0.15) is 89.2 Å². The fourth-order valence-corrected chi connectivity index (χ4v) is 4.25. The largest absolute Gasteiger partial charge is 0.263 e. The summed E-state index contributed by atoms with van der Waals surface area (Å²) in [4.78, 5) is 4.93. The van der Waals surface area contributed by atoms with Crippen molar-refractivity contribution in [1.29, 1.82) is 0 Å². The molecule has 0 amide bonds. The maximum atomic E-state index is 4.93. The average Bonchev–Trinajstić information content (AvgIpc) is 3.10. The van der Waals surface area contributed by atoms with Crippen molar-refractivity contribution in [2.45, 2.75) is 83.0 Å². The summed E-state index contributed by atoms with van der Waals surface area (Å²) in [5.74, 6) is 3.67. The van der Waals surface area contributed by atoms with Gasteiger partial charge in [0.2, 0.25) is 0 Å². The lowest BCUT2D eigenvalue weighted by Crippen LogP contribution is -2.26. The number of nitrogens with zero attached hydrogens (tertiary/aromatic N) is 2. The van der Waals surface area contributed by atoms with Gasteiger partial charge in [-0.3, -0.25) is 5.10 Å². The van der Waals surface area contributed by atoms with Gasteiger partial charge in [0.05, 0.1) is 0 Å². The molecule has 0 spiro atoms. The molecule has 1 aromatic heterocycles. The summed E-state index contributed by atoms with van der Waals surface area (Å²) < 4.78 is 0. The van der Waals surface area contributed by atoms with Crippen molar-refractivity contribution in [2.75, 3.05) is 0 Å². The Kier molecular flexibility index (Phi) is 3.64. The van der Waals surface area contributed by atoms with Gasteiger partial charge in [0, 0.05) is 11.3 Å². The first-order valence-corrected chi connectivity index (χ1v) is 8.12. The van der Waals surface area contributed by atoms with E-state index in [1.807, 2.05) is 0 Å². The molecule has 0 unspecified atom stereocenters. The SMILES string of the molecule is CC(C)CC1(c2n[nH]c(C3CCCC3)n2)CCCC1. The number of nitrogens with one attached hydrogen (secondary N) is 1. The molecule has 1 heterocycles. The van der Waals surface area contributed by atoms with Crippen LogP contribution in [0.2, 0.25) is 0 Å². The highest BCUT2D eigenvalue weighted by molar-refractivity contribution is 5.13. The third-order valence-corrected chi connectivity index (χ3v) is 5.08. The fraction of sp³-hybridized carbons (Fsp3) is 0.875. The molecule has 2 aliphatic rings. The van der Waals surface area contributed by atoms with Crippen molar-refractivity contribution in [1.82, 2.24) is 15.2 Å². The zero-order valence-electron chi connectivity index (χ0n) is 12.4. The summed E-state index contributed by atoms with van der Waals surface area (Å²) in [7, 11) is 0. The van der Waals surface area contributed by atoms with E-state index in [4.69, 9.17) is 4.98 Å². The van der Waals surface area contributed by atoms with Crippen LogP contribution in [0.15, 0.2) is 0 Å². The number of hydrogen-bond acceptors (Lipinski definition) is 2. The van der Waals surface area contributed by atoms with E-state index >= 15 is 0 Å². The van der Waals surface area contributed by atoms with Gasteiger partial charge in [0.25, 0.3) is 0 Å². The van der Waals surface area contributed by atoms with Crippen molar-refractivity contribution >= 4 is 0 Å². The molecule has 106 valence electrons. The topological polar surface area (TPSA) is 41.6 Å². The van der Waals surface area contributed by atoms with Gasteiger partial charge in [-0.15, -0.1) is 0 Å². The van der Waals surface area contributed by atoms with Crippen LogP contribution in [0.3, 0.4) is 0 Å². The molecule has 3 nitrogen and oxygen atoms in total. The third kappa shape index (κ3) is 2.56. The Bertz CT molecular complexity index is 409. The molecule has 1 aromatic rings. The van der Waals surface area contributed by atoms with E-state index in [9.17, 15) is 0 Å². The van der Waals surface area contributed by atoms with Gasteiger partial charge >= 0.3 is 0 Å². The molecule has 0 radical (unpaired) electrons. The second-order valence-electron chi connectivity index (χ2n) is 7.11. The Hall–Kier alpha value is -0.860. The van der Waals surface area contributed by atoms with Gasteiger partial charge in [-0.2, -0.15) is 5.10 Å². The Labute approximate surface area is 116 Å². The molecular formula is C16H27N3. The molecule has 0 aromatic carbocycles. The van der Waals surface area contributed by atoms with E-state index in [-0.39, 0.29) is 5.41 Å². The number of H-pyrrole nitrogens is 1. The highest BCUT2D eigenvalue weighted by Crippen LogP contribution is 2.44. The molecule has 0 atom stereocenters. The van der Waals surface area contributed by atoms with Crippen molar-refractivity contribution in [3.63, 3.8) is 0 Å². The monoisotopic (exact) mass is 261 g/mol. The van der Waals surface area contributed by atoms with Crippen molar-refractivity contribution in [3.8, 4) is 0 Å². The van der Waals surface area contributed by atoms with E-state index in [0.717, 1.165) is 11.7 Å². The first kappa shape index (κ1) is 13.1. The maximum Gasteiger partial charge on any atom is 0.156 e. The molecule has 19 heavy (non-hydrogen) atoms. The van der Waals surface area contributed by atoms with Crippen LogP contribution in [-0.4, -0.2) is 15.2 Å². The summed E-state index contributed by atoms with van der Waals surface area (Å²) >= 11 is 0. The molecule has 2 fully saturated rings. The maximum absolute atomic E-state index is 4.93. The predicted molar refractivity (Wildman–Crippen MR) is 77.2 cm³/mol. The minimum atomic E-state index is 0.279. The van der Waals surface area contributed by atoms with Gasteiger partial charge < -0.3 is 0 Å². The molecular weight excluding hydrogens is 234 g/mol. The van der Waals surface area contributed by atoms with E-state index in [2.05, 4.69) is 24.0 Å². The first-order chi connectivity index (χ1) is 9.20. The van der Waals surface area contributed by atoms with E-state index < -0.39 is 0 Å². The summed E-state index contributed by atoms with van der Waals surface area (Å²) in [5.41, 5.74) is 0.279. The van der Waals surface area contributed by atoms with E-state index in [0.29, 0.717) is 5.92 Å². The second kappa shape index (κ2) is 5.26. The fourth-order valence-electron chi connectivity index (χ4n) is 4.25. The number of rotatable bonds is 4. The van der Waals surface area contributed by atoms with Crippen LogP contribution in [0.25, 0.3) is 0 Å². The van der Waals surface area contributed by atoms with Crippen LogP contribution < -0.4 is 0 Å². The summed E-state index contributed by atoms with van der Waals surface area (Å²) in [6.07, 6.45) is 11.8. The minimum absolute atomic E-state index is 0.279. The number of hydrogen-bond donors (Lipinski definition) is 1. The van der Waals surface area contributed by atoms with Gasteiger partial charge in [-0.1, -0.05) is 39.5 Å². The molecule has 0 aliphatic heterocycles. The zero-order chi connectivity index (χ0) is 13.3.